The van der Waals surface area contributed by atoms with E-state index >= 15 is 0 Å². The van der Waals surface area contributed by atoms with Crippen molar-refractivity contribution in [3.05, 3.63) is 64.7 Å². The molecule has 94 valence electrons. The van der Waals surface area contributed by atoms with E-state index in [2.05, 4.69) is 12.2 Å². The first-order valence-electron chi connectivity index (χ1n) is 5.99. The van der Waals surface area contributed by atoms with Gasteiger partial charge in [0.15, 0.2) is 0 Å². The summed E-state index contributed by atoms with van der Waals surface area (Å²) in [6.07, 6.45) is 0. The van der Waals surface area contributed by atoms with Gasteiger partial charge in [0.05, 0.1) is 0 Å². The van der Waals surface area contributed by atoms with E-state index in [1.54, 1.807) is 0 Å². The standard InChI is InChI=1S/C15H17ClN2/c1-11(13-7-3-5-9-15(13)17)18-10-12-6-2-4-8-14(12)16/h2-9,11,18H,10,17H2,1H3/t11-/m0/s1. The van der Waals surface area contributed by atoms with Crippen LogP contribution >= 0.6 is 11.6 Å². The fourth-order valence-electron chi connectivity index (χ4n) is 1.92. The first-order chi connectivity index (χ1) is 8.68. The van der Waals surface area contributed by atoms with Gasteiger partial charge in [-0.25, -0.2) is 0 Å². The molecular weight excluding hydrogens is 244 g/mol. The molecule has 18 heavy (non-hydrogen) atoms. The molecule has 0 aliphatic heterocycles. The van der Waals surface area contributed by atoms with Crippen LogP contribution in [0, 0.1) is 0 Å². The SMILES string of the molecule is C[C@H](NCc1ccccc1Cl)c1ccccc1N. The maximum absolute atomic E-state index is 6.12. The maximum atomic E-state index is 6.12. The summed E-state index contributed by atoms with van der Waals surface area (Å²) in [5.41, 5.74) is 8.98. The molecule has 0 spiro atoms. The molecule has 0 fully saturated rings. The van der Waals surface area contributed by atoms with Crippen LogP contribution in [-0.4, -0.2) is 0 Å². The van der Waals surface area contributed by atoms with Crippen molar-refractivity contribution in [1.29, 1.82) is 0 Å². The molecule has 2 rings (SSSR count). The minimum atomic E-state index is 0.197. The number of hydrogen-bond donors (Lipinski definition) is 2. The van der Waals surface area contributed by atoms with Crippen LogP contribution in [0.5, 0.6) is 0 Å². The molecule has 0 aliphatic carbocycles. The molecule has 0 unspecified atom stereocenters. The average molecular weight is 261 g/mol. The Morgan fingerprint density at radius 3 is 2.50 bits per heavy atom. The van der Waals surface area contributed by atoms with Crippen LogP contribution in [0.15, 0.2) is 48.5 Å². The van der Waals surface area contributed by atoms with Crippen molar-refractivity contribution >= 4 is 17.3 Å². The molecule has 2 aromatic carbocycles. The molecule has 2 aromatic rings. The van der Waals surface area contributed by atoms with Gasteiger partial charge in [0, 0.05) is 23.3 Å². The smallest absolute Gasteiger partial charge is 0.0450 e. The quantitative estimate of drug-likeness (QED) is 0.822. The highest BCUT2D eigenvalue weighted by molar-refractivity contribution is 6.31. The largest absolute Gasteiger partial charge is 0.398 e. The van der Waals surface area contributed by atoms with Crippen LogP contribution in [-0.2, 0) is 6.54 Å². The van der Waals surface area contributed by atoms with Crippen LogP contribution in [0.4, 0.5) is 5.69 Å². The van der Waals surface area contributed by atoms with Crippen molar-refractivity contribution in [2.24, 2.45) is 0 Å². The number of rotatable bonds is 4. The number of hydrogen-bond acceptors (Lipinski definition) is 2. The van der Waals surface area contributed by atoms with Crippen LogP contribution < -0.4 is 11.1 Å². The number of halogens is 1. The predicted molar refractivity (Wildman–Crippen MR) is 77.6 cm³/mol. The third-order valence-corrected chi connectivity index (χ3v) is 3.39. The highest BCUT2D eigenvalue weighted by Crippen LogP contribution is 2.21. The summed E-state index contributed by atoms with van der Waals surface area (Å²) in [7, 11) is 0. The summed E-state index contributed by atoms with van der Waals surface area (Å²) in [4.78, 5) is 0. The second-order valence-corrected chi connectivity index (χ2v) is 4.73. The van der Waals surface area contributed by atoms with Crippen molar-refractivity contribution in [1.82, 2.24) is 5.32 Å². The second-order valence-electron chi connectivity index (χ2n) is 4.32. The highest BCUT2D eigenvalue weighted by atomic mass is 35.5. The Hall–Kier alpha value is -1.51. The fourth-order valence-corrected chi connectivity index (χ4v) is 2.12. The Morgan fingerprint density at radius 1 is 1.11 bits per heavy atom. The van der Waals surface area contributed by atoms with Gasteiger partial charge in [-0.1, -0.05) is 48.0 Å². The molecule has 1 atom stereocenters. The zero-order chi connectivity index (χ0) is 13.0. The number of benzene rings is 2. The van der Waals surface area contributed by atoms with Crippen molar-refractivity contribution in [2.45, 2.75) is 19.5 Å². The monoisotopic (exact) mass is 260 g/mol. The first kappa shape index (κ1) is 12.9. The van der Waals surface area contributed by atoms with Crippen LogP contribution in [0.25, 0.3) is 0 Å². The summed E-state index contributed by atoms with van der Waals surface area (Å²) in [5, 5.41) is 4.22. The maximum Gasteiger partial charge on any atom is 0.0450 e. The molecule has 0 amide bonds. The van der Waals surface area contributed by atoms with E-state index < -0.39 is 0 Å². The van der Waals surface area contributed by atoms with Crippen molar-refractivity contribution in [3.63, 3.8) is 0 Å². The number of para-hydroxylation sites is 1. The Labute approximate surface area is 113 Å². The van der Waals surface area contributed by atoms with Gasteiger partial charge in [-0.3, -0.25) is 0 Å². The van der Waals surface area contributed by atoms with Crippen LogP contribution in [0.3, 0.4) is 0 Å². The van der Waals surface area contributed by atoms with E-state index in [1.807, 2.05) is 48.5 Å². The lowest BCUT2D eigenvalue weighted by atomic mass is 10.1. The van der Waals surface area contributed by atoms with Crippen molar-refractivity contribution in [3.8, 4) is 0 Å². The molecule has 0 aliphatic rings. The first-order valence-corrected chi connectivity index (χ1v) is 6.37. The highest BCUT2D eigenvalue weighted by Gasteiger charge is 2.08. The van der Waals surface area contributed by atoms with Crippen molar-refractivity contribution < 1.29 is 0 Å². The third kappa shape index (κ3) is 3.03. The lowest BCUT2D eigenvalue weighted by molar-refractivity contribution is 0.576. The van der Waals surface area contributed by atoms with Gasteiger partial charge in [0.1, 0.15) is 0 Å². The molecule has 3 N–H and O–H groups in total. The van der Waals surface area contributed by atoms with Crippen molar-refractivity contribution in [2.75, 3.05) is 5.73 Å². The summed E-state index contributed by atoms with van der Waals surface area (Å²) in [6.45, 7) is 2.83. The number of nitrogen functional groups attached to an aromatic ring is 1. The van der Waals surface area contributed by atoms with Gasteiger partial charge in [-0.05, 0) is 30.2 Å². The third-order valence-electron chi connectivity index (χ3n) is 3.02. The molecule has 0 saturated carbocycles. The lowest BCUT2D eigenvalue weighted by Gasteiger charge is -2.16. The zero-order valence-corrected chi connectivity index (χ0v) is 11.1. The van der Waals surface area contributed by atoms with Crippen LogP contribution in [0.1, 0.15) is 24.1 Å². The topological polar surface area (TPSA) is 38.0 Å². The molecule has 3 heteroatoms. The molecule has 0 bridgehead atoms. The Balaban J connectivity index is 2.03. The normalized spacial score (nSPS) is 12.3. The minimum Gasteiger partial charge on any atom is -0.398 e. The van der Waals surface area contributed by atoms with Gasteiger partial charge < -0.3 is 11.1 Å². The van der Waals surface area contributed by atoms with Gasteiger partial charge in [-0.2, -0.15) is 0 Å². The molecule has 2 nitrogen and oxygen atoms in total. The Bertz CT molecular complexity index is 525. The summed E-state index contributed by atoms with van der Waals surface area (Å²) >= 11 is 6.12. The van der Waals surface area contributed by atoms with E-state index in [1.165, 1.54) is 0 Å². The number of nitrogens with two attached hydrogens (primary N) is 1. The van der Waals surface area contributed by atoms with Gasteiger partial charge in [0.2, 0.25) is 0 Å². The molecule has 0 radical (unpaired) electrons. The molecular formula is C15H17ClN2. The fraction of sp³-hybridized carbons (Fsp3) is 0.200. The molecule has 0 saturated heterocycles. The Kier molecular flexibility index (Phi) is 4.24. The predicted octanol–water partition coefficient (Wildman–Crippen LogP) is 3.77. The Morgan fingerprint density at radius 2 is 1.78 bits per heavy atom. The van der Waals surface area contributed by atoms with Gasteiger partial charge in [-0.15, -0.1) is 0 Å². The molecule has 0 aromatic heterocycles. The number of nitrogens with one attached hydrogen (secondary N) is 1. The van der Waals surface area contributed by atoms with E-state index in [9.17, 15) is 0 Å². The van der Waals surface area contributed by atoms with E-state index in [-0.39, 0.29) is 6.04 Å². The summed E-state index contributed by atoms with van der Waals surface area (Å²) in [6, 6.07) is 16.0. The minimum absolute atomic E-state index is 0.197. The second kappa shape index (κ2) is 5.89. The lowest BCUT2D eigenvalue weighted by Crippen LogP contribution is -2.19. The van der Waals surface area contributed by atoms with E-state index in [4.69, 9.17) is 17.3 Å². The summed E-state index contributed by atoms with van der Waals surface area (Å²) < 4.78 is 0. The average Bonchev–Trinajstić information content (AvgIpc) is 2.38. The van der Waals surface area contributed by atoms with Gasteiger partial charge >= 0.3 is 0 Å². The van der Waals surface area contributed by atoms with Gasteiger partial charge in [0.25, 0.3) is 0 Å². The zero-order valence-electron chi connectivity index (χ0n) is 10.4. The van der Waals surface area contributed by atoms with E-state index in [0.717, 1.165) is 28.4 Å². The van der Waals surface area contributed by atoms with E-state index in [0.29, 0.717) is 0 Å². The molecule has 0 heterocycles. The summed E-state index contributed by atoms with van der Waals surface area (Å²) in [5.74, 6) is 0. The number of anilines is 1. The van der Waals surface area contributed by atoms with Crippen LogP contribution in [0.2, 0.25) is 5.02 Å².